The molecule has 3 heterocycles. The first-order valence-electron chi connectivity index (χ1n) is 31.5. The number of halogens is 2. The molecule has 502 valence electrons. The fraction of sp³-hybridized carbons (Fsp3) is 0.514. The number of aromatic hydroxyl groups is 2. The predicted molar refractivity (Wildman–Crippen MR) is 345 cm³/mol. The van der Waals surface area contributed by atoms with E-state index in [1.807, 2.05) is 81.4 Å². The highest BCUT2D eigenvalue weighted by molar-refractivity contribution is 7.97. The molecule has 3 aliphatic heterocycles. The number of alkyl halides is 2. The standard InChI is InChI=1S/C18H15S.C16H22O4.C16H22O2.C13H18O5.C9H16F2O5S/c1-4-10-16(11-5-1)19(17-12-6-2-7-13-17)18-14-8-3-9-15-18;1-4-16(2,3)15(19)20-10-5-6-11-12(9-10)14(18)8-7-13(11)17;1-5-15(2,3)14(17)18-16(4)10-12-8-6-7-9-13(12)11-16;1-4-13(2,3)12(15)18-9-7-5-6-8(16-7)10(9)17-11(6)14;1-5-8(3,4)7(12)16-6(2)9(10,11)17(13,14)15/h1-15H;7-8,10,17-18H,4-6,9H2,1-3H3;6-9H,5,10-11H2,1-4H3;6-10H,4-5H2,1-3H3;6H,5H2,1-4H3,(H,13,14,15)/q+1;;;;/p-1. The second kappa shape index (κ2) is 30.5. The molecule has 10 rings (SSSR count). The fourth-order valence-electron chi connectivity index (χ4n) is 10.3. The summed E-state index contributed by atoms with van der Waals surface area (Å²) in [6.45, 7) is 24.5. The van der Waals surface area contributed by atoms with Gasteiger partial charge in [0.15, 0.2) is 43.1 Å². The van der Waals surface area contributed by atoms with Crippen molar-refractivity contribution in [2.24, 2.45) is 27.6 Å². The number of carbonyl (C=O) groups is 5. The first-order valence-corrected chi connectivity index (χ1v) is 34.1. The van der Waals surface area contributed by atoms with Crippen molar-refractivity contribution in [3.63, 3.8) is 0 Å². The Balaban J connectivity index is 0.000000183. The van der Waals surface area contributed by atoms with Crippen LogP contribution in [0.15, 0.2) is 142 Å². The molecule has 92 heavy (non-hydrogen) atoms. The van der Waals surface area contributed by atoms with E-state index in [1.54, 1.807) is 6.92 Å². The second-order valence-electron chi connectivity index (χ2n) is 26.8. The molecule has 20 heteroatoms. The van der Waals surface area contributed by atoms with Gasteiger partial charge < -0.3 is 43.2 Å². The Morgan fingerprint density at radius 1 is 0.630 bits per heavy atom. The SMILES string of the molecule is CCC(C)(C)C(=O)OC(C)C(F)(F)S(=O)(=O)[O-].CCC(C)(C)C(=O)OC1(C)Cc2ccccc2C1.CCC(C)(C)C(=O)OC1C2CC3C(=O)OC1C3O2.CCC(C)(C)C(=O)OC1CCc2c(O)ccc(O)c2C1.c1ccc([S+](c2ccccc2)c2ccccc2)cc1. The number of rotatable bonds is 17. The van der Waals surface area contributed by atoms with Crippen LogP contribution in [0.4, 0.5) is 8.78 Å². The van der Waals surface area contributed by atoms with Gasteiger partial charge in [-0.2, -0.15) is 8.78 Å². The van der Waals surface area contributed by atoms with Gasteiger partial charge in [-0.25, -0.2) is 8.42 Å². The van der Waals surface area contributed by atoms with E-state index in [1.165, 1.54) is 51.8 Å². The largest absolute Gasteiger partial charge is 0.743 e. The van der Waals surface area contributed by atoms with Crippen LogP contribution in [0.2, 0.25) is 0 Å². The lowest BCUT2D eigenvalue weighted by molar-refractivity contribution is -0.170. The van der Waals surface area contributed by atoms with E-state index in [2.05, 4.69) is 108 Å². The molecular formula is C72H92F2O16S2. The molecule has 0 aromatic heterocycles. The van der Waals surface area contributed by atoms with E-state index in [0.29, 0.717) is 51.0 Å². The third-order valence-electron chi connectivity index (χ3n) is 18.2. The molecule has 16 nitrogen and oxygen atoms in total. The zero-order chi connectivity index (χ0) is 68.4. The molecule has 7 atom stereocenters. The smallest absolute Gasteiger partial charge is 0.369 e. The molecule has 5 aliphatic rings. The zero-order valence-corrected chi connectivity index (χ0v) is 57.1. The molecule has 5 aromatic carbocycles. The van der Waals surface area contributed by atoms with Crippen molar-refractivity contribution in [1.29, 1.82) is 0 Å². The number of ether oxygens (including phenoxy) is 6. The van der Waals surface area contributed by atoms with Crippen LogP contribution in [0, 0.1) is 27.6 Å². The number of hydrogen-bond donors (Lipinski definition) is 2. The Bertz CT molecular complexity index is 3330. The summed E-state index contributed by atoms with van der Waals surface area (Å²) >= 11 is 0. The van der Waals surface area contributed by atoms with Crippen LogP contribution in [0.25, 0.3) is 0 Å². The predicted octanol–water partition coefficient (Wildman–Crippen LogP) is 13.8. The van der Waals surface area contributed by atoms with E-state index >= 15 is 0 Å². The fourth-order valence-corrected chi connectivity index (χ4v) is 12.9. The van der Waals surface area contributed by atoms with E-state index in [9.17, 15) is 55.9 Å². The highest BCUT2D eigenvalue weighted by atomic mass is 32.2. The lowest BCUT2D eigenvalue weighted by atomic mass is 9.87. The van der Waals surface area contributed by atoms with Crippen molar-refractivity contribution < 1.29 is 84.4 Å². The normalized spacial score (nSPS) is 20.5. The van der Waals surface area contributed by atoms with E-state index in [0.717, 1.165) is 31.2 Å². The number of phenolic OH excluding ortho intramolecular Hbond substituents is 2. The molecule has 2 bridgehead atoms. The molecule has 0 saturated carbocycles. The first kappa shape index (κ1) is 74.2. The van der Waals surface area contributed by atoms with Crippen molar-refractivity contribution in [1.82, 2.24) is 0 Å². The Morgan fingerprint density at radius 3 is 1.49 bits per heavy atom. The summed E-state index contributed by atoms with van der Waals surface area (Å²) in [6, 6.07) is 43.5. The molecular weight excluding hydrogens is 1220 g/mol. The van der Waals surface area contributed by atoms with Crippen LogP contribution in [0.3, 0.4) is 0 Å². The minimum atomic E-state index is -5.86. The second-order valence-corrected chi connectivity index (χ2v) is 30.3. The number of phenols is 2. The van der Waals surface area contributed by atoms with Gasteiger partial charge >= 0.3 is 35.1 Å². The van der Waals surface area contributed by atoms with Gasteiger partial charge in [-0.15, -0.1) is 0 Å². The minimum Gasteiger partial charge on any atom is -0.743 e. The van der Waals surface area contributed by atoms with Crippen LogP contribution in [0.1, 0.15) is 158 Å². The molecule has 3 saturated heterocycles. The Hall–Kier alpha value is -6.87. The van der Waals surface area contributed by atoms with Crippen molar-refractivity contribution >= 4 is 50.9 Å². The summed E-state index contributed by atoms with van der Waals surface area (Å²) in [5, 5.41) is 15.1. The lowest BCUT2D eigenvalue weighted by Crippen LogP contribution is -2.44. The number of carbonyl (C=O) groups excluding carboxylic acids is 5. The monoisotopic (exact) mass is 1310 g/mol. The van der Waals surface area contributed by atoms with Crippen LogP contribution in [-0.4, -0.2) is 101 Å². The van der Waals surface area contributed by atoms with Gasteiger partial charge in [0, 0.05) is 30.4 Å². The molecule has 0 radical (unpaired) electrons. The lowest BCUT2D eigenvalue weighted by Gasteiger charge is -2.30. The van der Waals surface area contributed by atoms with Gasteiger partial charge in [-0.1, -0.05) is 107 Å². The minimum absolute atomic E-state index is 0.0146. The van der Waals surface area contributed by atoms with Crippen LogP contribution < -0.4 is 0 Å². The molecule has 7 unspecified atom stereocenters. The van der Waals surface area contributed by atoms with E-state index in [-0.39, 0.29) is 76.1 Å². The van der Waals surface area contributed by atoms with Gasteiger partial charge in [0.1, 0.15) is 29.3 Å². The summed E-state index contributed by atoms with van der Waals surface area (Å²) in [5.41, 5.74) is 1.31. The maximum atomic E-state index is 13.0. The van der Waals surface area contributed by atoms with E-state index in [4.69, 9.17) is 23.7 Å². The number of fused-ring (bicyclic) bond motifs is 3. The highest BCUT2D eigenvalue weighted by Gasteiger charge is 2.65. The molecule has 2 aliphatic carbocycles. The third kappa shape index (κ3) is 18.1. The molecule has 5 aromatic rings. The topological polar surface area (TPSA) is 238 Å². The van der Waals surface area contributed by atoms with Crippen LogP contribution in [-0.2, 0) is 99.1 Å². The van der Waals surface area contributed by atoms with Crippen LogP contribution in [0.5, 0.6) is 11.5 Å². The highest BCUT2D eigenvalue weighted by Crippen LogP contribution is 2.48. The first-order chi connectivity index (χ1) is 43.0. The Morgan fingerprint density at radius 2 is 1.04 bits per heavy atom. The molecule has 0 spiro atoms. The number of hydrogen-bond acceptors (Lipinski definition) is 16. The van der Waals surface area contributed by atoms with Gasteiger partial charge in [0.2, 0.25) is 0 Å². The maximum Gasteiger partial charge on any atom is 0.369 e. The van der Waals surface area contributed by atoms with Gasteiger partial charge in [0.25, 0.3) is 0 Å². The van der Waals surface area contributed by atoms with Gasteiger partial charge in [-0.3, -0.25) is 24.0 Å². The summed E-state index contributed by atoms with van der Waals surface area (Å²) in [7, 11) is -5.87. The van der Waals surface area contributed by atoms with Crippen LogP contribution >= 0.6 is 0 Å². The van der Waals surface area contributed by atoms with Gasteiger partial charge in [0.05, 0.1) is 44.6 Å². The summed E-state index contributed by atoms with van der Waals surface area (Å²) in [4.78, 5) is 63.4. The molecule has 2 N–H and O–H groups in total. The van der Waals surface area contributed by atoms with Crippen molar-refractivity contribution in [3.05, 3.63) is 150 Å². The van der Waals surface area contributed by atoms with Crippen molar-refractivity contribution in [3.8, 4) is 11.5 Å². The van der Waals surface area contributed by atoms with Crippen molar-refractivity contribution in [2.75, 3.05) is 0 Å². The molecule has 3 fully saturated rings. The average molecular weight is 1320 g/mol. The Labute approximate surface area is 544 Å². The third-order valence-corrected chi connectivity index (χ3v) is 21.4. The number of benzene rings is 5. The van der Waals surface area contributed by atoms with Gasteiger partial charge in [-0.05, 0) is 174 Å². The quantitative estimate of drug-likeness (QED) is 0.0289. The Kier molecular flexibility index (Phi) is 24.6. The van der Waals surface area contributed by atoms with E-state index < -0.39 is 61.3 Å². The average Bonchev–Trinajstić information content (AvgIpc) is 1.60. The molecule has 0 amide bonds. The zero-order valence-electron chi connectivity index (χ0n) is 55.4. The maximum absolute atomic E-state index is 13.0. The summed E-state index contributed by atoms with van der Waals surface area (Å²) in [5.74, 6) is -1.49. The number of esters is 5. The summed E-state index contributed by atoms with van der Waals surface area (Å²) in [6.07, 6.45) is 2.85. The van der Waals surface area contributed by atoms with Crippen molar-refractivity contribution in [2.45, 2.75) is 223 Å². The summed E-state index contributed by atoms with van der Waals surface area (Å²) < 4.78 is 89.0.